The third kappa shape index (κ3) is 2.88. The van der Waals surface area contributed by atoms with Gasteiger partial charge in [0.2, 0.25) is 5.91 Å². The SMILES string of the molecule is Cc1ccc2c(c1)SC(C(=O)NCCn1ccnc1)C2. The van der Waals surface area contributed by atoms with Crippen molar-refractivity contribution in [3.63, 3.8) is 0 Å². The summed E-state index contributed by atoms with van der Waals surface area (Å²) in [7, 11) is 0. The molecule has 2 aromatic rings. The zero-order chi connectivity index (χ0) is 13.9. The molecule has 0 fully saturated rings. The lowest BCUT2D eigenvalue weighted by Gasteiger charge is -2.10. The van der Waals surface area contributed by atoms with E-state index in [1.54, 1.807) is 24.3 Å². The van der Waals surface area contributed by atoms with E-state index in [4.69, 9.17) is 0 Å². The van der Waals surface area contributed by atoms with Gasteiger partial charge in [-0.15, -0.1) is 11.8 Å². The number of nitrogens with zero attached hydrogens (tertiary/aromatic N) is 2. The summed E-state index contributed by atoms with van der Waals surface area (Å²) < 4.78 is 1.96. The van der Waals surface area contributed by atoms with E-state index in [9.17, 15) is 4.79 Å². The first-order valence-corrected chi connectivity index (χ1v) is 7.60. The van der Waals surface area contributed by atoms with Crippen molar-refractivity contribution in [2.24, 2.45) is 0 Å². The molecule has 1 unspecified atom stereocenters. The van der Waals surface area contributed by atoms with Crippen LogP contribution < -0.4 is 5.32 Å². The summed E-state index contributed by atoms with van der Waals surface area (Å²) >= 11 is 1.68. The Hall–Kier alpha value is -1.75. The van der Waals surface area contributed by atoms with E-state index < -0.39 is 0 Å². The largest absolute Gasteiger partial charge is 0.353 e. The maximum atomic E-state index is 12.2. The summed E-state index contributed by atoms with van der Waals surface area (Å²) in [5.41, 5.74) is 2.53. The molecule has 1 amide bonds. The standard InChI is InChI=1S/C15H17N3OS/c1-11-2-3-12-9-14(20-13(12)8-11)15(19)17-5-7-18-6-4-16-10-18/h2-4,6,8,10,14H,5,7,9H2,1H3,(H,17,19). The van der Waals surface area contributed by atoms with Gasteiger partial charge in [0, 0.05) is 30.4 Å². The van der Waals surface area contributed by atoms with Crippen molar-refractivity contribution in [3.05, 3.63) is 48.0 Å². The minimum Gasteiger partial charge on any atom is -0.353 e. The number of carbonyl (C=O) groups excluding carboxylic acids is 1. The molecule has 1 aliphatic heterocycles. The summed E-state index contributed by atoms with van der Waals surface area (Å²) in [5, 5.41) is 3.01. The predicted molar refractivity (Wildman–Crippen MR) is 79.8 cm³/mol. The molecule has 20 heavy (non-hydrogen) atoms. The number of imidazole rings is 1. The van der Waals surface area contributed by atoms with E-state index in [0.29, 0.717) is 6.54 Å². The number of carbonyl (C=O) groups is 1. The molecule has 1 aromatic carbocycles. The number of aryl methyl sites for hydroxylation is 1. The van der Waals surface area contributed by atoms with Crippen LogP contribution in [0.5, 0.6) is 0 Å². The quantitative estimate of drug-likeness (QED) is 0.936. The van der Waals surface area contributed by atoms with Crippen molar-refractivity contribution in [2.75, 3.05) is 6.54 Å². The Balaban J connectivity index is 1.52. The van der Waals surface area contributed by atoms with Gasteiger partial charge in [0.05, 0.1) is 11.6 Å². The van der Waals surface area contributed by atoms with Gasteiger partial charge >= 0.3 is 0 Å². The number of thioether (sulfide) groups is 1. The fourth-order valence-electron chi connectivity index (χ4n) is 2.32. The van der Waals surface area contributed by atoms with Crippen LogP contribution >= 0.6 is 11.8 Å². The minimum atomic E-state index is 0.00888. The number of benzene rings is 1. The van der Waals surface area contributed by atoms with Crippen LogP contribution in [0.3, 0.4) is 0 Å². The maximum Gasteiger partial charge on any atom is 0.233 e. The van der Waals surface area contributed by atoms with Crippen LogP contribution in [0.25, 0.3) is 0 Å². The molecular formula is C15H17N3OS. The van der Waals surface area contributed by atoms with E-state index in [-0.39, 0.29) is 11.2 Å². The molecular weight excluding hydrogens is 270 g/mol. The lowest BCUT2D eigenvalue weighted by molar-refractivity contribution is -0.120. The Kier molecular flexibility index (Phi) is 3.78. The molecule has 0 spiro atoms. The lowest BCUT2D eigenvalue weighted by atomic mass is 10.1. The first-order chi connectivity index (χ1) is 9.72. The van der Waals surface area contributed by atoms with Crippen LogP contribution in [-0.2, 0) is 17.8 Å². The van der Waals surface area contributed by atoms with Crippen molar-refractivity contribution in [1.29, 1.82) is 0 Å². The van der Waals surface area contributed by atoms with Crippen molar-refractivity contribution < 1.29 is 4.79 Å². The third-order valence-corrected chi connectivity index (χ3v) is 4.72. The zero-order valence-electron chi connectivity index (χ0n) is 11.4. The molecule has 0 radical (unpaired) electrons. The molecule has 0 saturated carbocycles. The fourth-order valence-corrected chi connectivity index (χ4v) is 3.64. The molecule has 2 heterocycles. The van der Waals surface area contributed by atoms with Gasteiger partial charge in [0.1, 0.15) is 0 Å². The van der Waals surface area contributed by atoms with Gasteiger partial charge in [-0.05, 0) is 25.0 Å². The topological polar surface area (TPSA) is 46.9 Å². The Morgan fingerprint density at radius 2 is 2.45 bits per heavy atom. The summed E-state index contributed by atoms with van der Waals surface area (Å²) in [6.07, 6.45) is 6.23. The Morgan fingerprint density at radius 3 is 3.25 bits per heavy atom. The van der Waals surface area contributed by atoms with Crippen molar-refractivity contribution in [2.45, 2.75) is 30.0 Å². The molecule has 104 valence electrons. The van der Waals surface area contributed by atoms with Gasteiger partial charge in [0.15, 0.2) is 0 Å². The number of amides is 1. The van der Waals surface area contributed by atoms with Crippen LogP contribution in [-0.4, -0.2) is 27.3 Å². The molecule has 1 atom stereocenters. The fraction of sp³-hybridized carbons (Fsp3) is 0.333. The third-order valence-electron chi connectivity index (χ3n) is 3.42. The number of aromatic nitrogens is 2. The van der Waals surface area contributed by atoms with Gasteiger partial charge in [0.25, 0.3) is 0 Å². The van der Waals surface area contributed by atoms with Gasteiger partial charge in [-0.3, -0.25) is 4.79 Å². The van der Waals surface area contributed by atoms with E-state index in [1.165, 1.54) is 16.0 Å². The molecule has 1 aromatic heterocycles. The maximum absolute atomic E-state index is 12.2. The van der Waals surface area contributed by atoms with Crippen LogP contribution in [0.4, 0.5) is 0 Å². The minimum absolute atomic E-state index is 0.00888. The van der Waals surface area contributed by atoms with E-state index in [2.05, 4.69) is 35.4 Å². The highest BCUT2D eigenvalue weighted by Crippen LogP contribution is 2.37. The van der Waals surface area contributed by atoms with Crippen molar-refractivity contribution >= 4 is 17.7 Å². The van der Waals surface area contributed by atoms with Crippen LogP contribution in [0.1, 0.15) is 11.1 Å². The van der Waals surface area contributed by atoms with Crippen molar-refractivity contribution in [3.8, 4) is 0 Å². The second-order valence-electron chi connectivity index (χ2n) is 5.01. The second-order valence-corrected chi connectivity index (χ2v) is 6.26. The number of hydrogen-bond donors (Lipinski definition) is 1. The van der Waals surface area contributed by atoms with Gasteiger partial charge in [-0.1, -0.05) is 17.7 Å². The molecule has 0 bridgehead atoms. The summed E-state index contributed by atoms with van der Waals surface area (Å²) in [4.78, 5) is 17.4. The molecule has 5 heteroatoms. The predicted octanol–water partition coefficient (Wildman–Crippen LogP) is 2.02. The van der Waals surface area contributed by atoms with Crippen LogP contribution in [0, 0.1) is 6.92 Å². The highest BCUT2D eigenvalue weighted by atomic mass is 32.2. The average Bonchev–Trinajstić information content (AvgIpc) is 3.06. The summed E-state index contributed by atoms with van der Waals surface area (Å²) in [5.74, 6) is 0.129. The molecule has 0 aliphatic carbocycles. The molecule has 1 aliphatic rings. The van der Waals surface area contributed by atoms with Gasteiger partial charge in [-0.25, -0.2) is 4.98 Å². The van der Waals surface area contributed by atoms with Gasteiger partial charge in [-0.2, -0.15) is 0 Å². The highest BCUT2D eigenvalue weighted by molar-refractivity contribution is 8.01. The van der Waals surface area contributed by atoms with Crippen LogP contribution in [0.2, 0.25) is 0 Å². The first kappa shape index (κ1) is 13.2. The van der Waals surface area contributed by atoms with E-state index in [0.717, 1.165) is 13.0 Å². The molecule has 3 rings (SSSR count). The summed E-state index contributed by atoms with van der Waals surface area (Å²) in [6, 6.07) is 6.41. The Bertz CT molecular complexity index is 610. The van der Waals surface area contributed by atoms with Gasteiger partial charge < -0.3 is 9.88 Å². The second kappa shape index (κ2) is 5.71. The monoisotopic (exact) mass is 287 g/mol. The summed E-state index contributed by atoms with van der Waals surface area (Å²) in [6.45, 7) is 3.48. The van der Waals surface area contributed by atoms with E-state index in [1.807, 2.05) is 10.8 Å². The number of fused-ring (bicyclic) bond motifs is 1. The lowest BCUT2D eigenvalue weighted by Crippen LogP contribution is -2.34. The zero-order valence-corrected chi connectivity index (χ0v) is 12.2. The Morgan fingerprint density at radius 1 is 1.55 bits per heavy atom. The highest BCUT2D eigenvalue weighted by Gasteiger charge is 2.27. The first-order valence-electron chi connectivity index (χ1n) is 6.72. The van der Waals surface area contributed by atoms with Crippen molar-refractivity contribution in [1.82, 2.24) is 14.9 Å². The van der Waals surface area contributed by atoms with E-state index >= 15 is 0 Å². The number of rotatable bonds is 4. The molecule has 4 nitrogen and oxygen atoms in total. The number of nitrogens with one attached hydrogen (secondary N) is 1. The smallest absolute Gasteiger partial charge is 0.233 e. The normalized spacial score (nSPS) is 16.9. The molecule has 1 N–H and O–H groups in total. The number of hydrogen-bond acceptors (Lipinski definition) is 3. The molecule has 0 saturated heterocycles. The van der Waals surface area contributed by atoms with Crippen LogP contribution in [0.15, 0.2) is 41.8 Å². The average molecular weight is 287 g/mol. The Labute approximate surface area is 122 Å².